The van der Waals surface area contributed by atoms with Gasteiger partial charge in [0.15, 0.2) is 0 Å². The SMILES string of the molecule is CC(CC(F)(F)F)N1C[C@H]2CCN(c3ccc(NC(=O)c4ccc(COC5CCC5)cc4)cc3)[C@H]2C1. The first kappa shape index (κ1) is 25.1. The van der Waals surface area contributed by atoms with Gasteiger partial charge in [-0.3, -0.25) is 9.69 Å². The first-order valence-electron chi connectivity index (χ1n) is 12.9. The summed E-state index contributed by atoms with van der Waals surface area (Å²) >= 11 is 0. The van der Waals surface area contributed by atoms with Gasteiger partial charge in [-0.25, -0.2) is 0 Å². The lowest BCUT2D eigenvalue weighted by molar-refractivity contribution is -0.145. The molecular formula is C28H34F3N3O2. The number of carbonyl (C=O) groups excluding carboxylic acids is 1. The first-order chi connectivity index (χ1) is 17.2. The Bertz CT molecular complexity index is 1040. The number of alkyl halides is 3. The fourth-order valence-corrected chi connectivity index (χ4v) is 5.58. The van der Waals surface area contributed by atoms with Gasteiger partial charge in [0.1, 0.15) is 0 Å². The normalized spacial score (nSPS) is 23.4. The van der Waals surface area contributed by atoms with E-state index in [9.17, 15) is 18.0 Å². The van der Waals surface area contributed by atoms with Crippen LogP contribution in [0.4, 0.5) is 24.5 Å². The highest BCUT2D eigenvalue weighted by Gasteiger charge is 2.44. The Morgan fingerprint density at radius 3 is 2.42 bits per heavy atom. The number of ether oxygens (including phenoxy) is 1. The Balaban J connectivity index is 1.14. The molecule has 8 heteroatoms. The summed E-state index contributed by atoms with van der Waals surface area (Å²) in [5.41, 5.74) is 3.41. The van der Waals surface area contributed by atoms with Gasteiger partial charge in [-0.2, -0.15) is 13.2 Å². The van der Waals surface area contributed by atoms with Crippen molar-refractivity contribution in [1.82, 2.24) is 4.90 Å². The smallest absolute Gasteiger partial charge is 0.374 e. The summed E-state index contributed by atoms with van der Waals surface area (Å²) in [6.45, 7) is 4.53. The Morgan fingerprint density at radius 2 is 1.78 bits per heavy atom. The van der Waals surface area contributed by atoms with Crippen LogP contribution in [0, 0.1) is 5.92 Å². The third kappa shape index (κ3) is 5.86. The fraction of sp³-hybridized carbons (Fsp3) is 0.536. The second kappa shape index (κ2) is 10.4. The van der Waals surface area contributed by atoms with Crippen LogP contribution in [0.25, 0.3) is 0 Å². The zero-order valence-corrected chi connectivity index (χ0v) is 20.6. The Kier molecular flexibility index (Phi) is 7.26. The second-order valence-corrected chi connectivity index (χ2v) is 10.5. The molecule has 1 saturated carbocycles. The summed E-state index contributed by atoms with van der Waals surface area (Å²) < 4.78 is 44.4. The van der Waals surface area contributed by atoms with Gasteiger partial charge in [0.25, 0.3) is 5.91 Å². The number of likely N-dealkylation sites (tertiary alicyclic amines) is 1. The molecule has 0 aromatic heterocycles. The van der Waals surface area contributed by atoms with Gasteiger partial charge in [-0.05, 0) is 80.5 Å². The lowest BCUT2D eigenvalue weighted by Gasteiger charge is -2.29. The molecule has 2 aliphatic heterocycles. The number of hydrogen-bond donors (Lipinski definition) is 1. The monoisotopic (exact) mass is 501 g/mol. The van der Waals surface area contributed by atoms with Gasteiger partial charge in [0.2, 0.25) is 0 Å². The van der Waals surface area contributed by atoms with Crippen molar-refractivity contribution in [3.63, 3.8) is 0 Å². The summed E-state index contributed by atoms with van der Waals surface area (Å²) in [6.07, 6.45) is -0.0166. The molecule has 1 aliphatic carbocycles. The van der Waals surface area contributed by atoms with E-state index >= 15 is 0 Å². The van der Waals surface area contributed by atoms with Gasteiger partial charge in [0.05, 0.1) is 19.1 Å². The van der Waals surface area contributed by atoms with Crippen molar-refractivity contribution < 1.29 is 22.7 Å². The van der Waals surface area contributed by atoms with E-state index in [-0.39, 0.29) is 11.9 Å². The highest BCUT2D eigenvalue weighted by Crippen LogP contribution is 2.37. The molecule has 3 fully saturated rings. The zero-order valence-electron chi connectivity index (χ0n) is 20.6. The van der Waals surface area contributed by atoms with Crippen molar-refractivity contribution in [2.75, 3.05) is 29.9 Å². The number of benzene rings is 2. The number of hydrogen-bond acceptors (Lipinski definition) is 4. The predicted molar refractivity (Wildman–Crippen MR) is 134 cm³/mol. The maximum Gasteiger partial charge on any atom is 0.390 e. The Morgan fingerprint density at radius 1 is 1.06 bits per heavy atom. The van der Waals surface area contributed by atoms with Crippen LogP contribution < -0.4 is 10.2 Å². The van der Waals surface area contributed by atoms with Crippen molar-refractivity contribution in [3.05, 3.63) is 59.7 Å². The summed E-state index contributed by atoms with van der Waals surface area (Å²) in [6, 6.07) is 15.0. The molecule has 2 heterocycles. The minimum Gasteiger partial charge on any atom is -0.374 e. The van der Waals surface area contributed by atoms with Crippen molar-refractivity contribution >= 4 is 17.3 Å². The van der Waals surface area contributed by atoms with Crippen LogP contribution in [0.5, 0.6) is 0 Å². The fourth-order valence-electron chi connectivity index (χ4n) is 5.58. The van der Waals surface area contributed by atoms with Crippen molar-refractivity contribution in [1.29, 1.82) is 0 Å². The van der Waals surface area contributed by atoms with E-state index in [2.05, 4.69) is 10.2 Å². The van der Waals surface area contributed by atoms with E-state index in [0.29, 0.717) is 36.4 Å². The van der Waals surface area contributed by atoms with Gasteiger partial charge in [0, 0.05) is 48.7 Å². The third-order valence-corrected chi connectivity index (χ3v) is 7.94. The third-order valence-electron chi connectivity index (χ3n) is 7.94. The Labute approximate surface area is 210 Å². The molecule has 3 aliphatic rings. The number of nitrogens with one attached hydrogen (secondary N) is 1. The van der Waals surface area contributed by atoms with E-state index < -0.39 is 18.6 Å². The average Bonchev–Trinajstić information content (AvgIpc) is 3.39. The van der Waals surface area contributed by atoms with E-state index in [1.165, 1.54) is 6.42 Å². The molecule has 3 atom stereocenters. The molecule has 0 bridgehead atoms. The summed E-state index contributed by atoms with van der Waals surface area (Å²) in [4.78, 5) is 17.0. The van der Waals surface area contributed by atoms with Crippen molar-refractivity contribution in [3.8, 4) is 0 Å². The summed E-state index contributed by atoms with van der Waals surface area (Å²) in [5.74, 6) is 0.225. The maximum atomic E-state index is 12.8. The molecule has 5 nitrogen and oxygen atoms in total. The van der Waals surface area contributed by atoms with Gasteiger partial charge in [-0.1, -0.05) is 12.1 Å². The molecule has 1 unspecified atom stereocenters. The van der Waals surface area contributed by atoms with Crippen LogP contribution in [-0.4, -0.2) is 54.8 Å². The predicted octanol–water partition coefficient (Wildman–Crippen LogP) is 5.86. The van der Waals surface area contributed by atoms with Crippen LogP contribution in [-0.2, 0) is 11.3 Å². The minimum absolute atomic E-state index is 0.166. The number of nitrogens with zero attached hydrogens (tertiary/aromatic N) is 2. The number of rotatable bonds is 8. The second-order valence-electron chi connectivity index (χ2n) is 10.5. The van der Waals surface area contributed by atoms with Crippen molar-refractivity contribution in [2.24, 2.45) is 5.92 Å². The quantitative estimate of drug-likeness (QED) is 0.492. The topological polar surface area (TPSA) is 44.8 Å². The molecule has 5 rings (SSSR count). The standard InChI is InChI=1S/C28H34F3N3O2/c1-19(15-28(29,30)31)33-16-22-13-14-34(26(22)17-33)24-11-9-23(10-12-24)32-27(35)21-7-5-20(6-8-21)18-36-25-3-2-4-25/h5-12,19,22,25-26H,2-4,13-18H2,1H3,(H,32,35)/t19?,22-,26+/m1/s1. The molecule has 2 aromatic carbocycles. The van der Waals surface area contributed by atoms with Crippen LogP contribution in [0.2, 0.25) is 0 Å². The summed E-state index contributed by atoms with van der Waals surface area (Å²) in [5, 5.41) is 2.95. The molecule has 36 heavy (non-hydrogen) atoms. The largest absolute Gasteiger partial charge is 0.390 e. The van der Waals surface area contributed by atoms with Crippen LogP contribution >= 0.6 is 0 Å². The maximum absolute atomic E-state index is 12.8. The Hall–Kier alpha value is -2.58. The van der Waals surface area contributed by atoms with E-state index in [1.54, 1.807) is 6.92 Å². The molecule has 2 aromatic rings. The van der Waals surface area contributed by atoms with Crippen LogP contribution in [0.1, 0.15) is 54.9 Å². The van der Waals surface area contributed by atoms with Crippen molar-refractivity contribution in [2.45, 2.75) is 70.0 Å². The molecule has 1 N–H and O–H groups in total. The molecule has 1 amide bonds. The zero-order chi connectivity index (χ0) is 25.3. The highest BCUT2D eigenvalue weighted by atomic mass is 19.4. The van der Waals surface area contributed by atoms with E-state index in [0.717, 1.165) is 43.6 Å². The molecular weight excluding hydrogens is 467 g/mol. The lowest BCUT2D eigenvalue weighted by Crippen LogP contribution is -2.39. The van der Waals surface area contributed by atoms with Gasteiger partial charge in [-0.15, -0.1) is 0 Å². The number of carbonyl (C=O) groups is 1. The molecule has 2 saturated heterocycles. The number of anilines is 2. The van der Waals surface area contributed by atoms with E-state index in [4.69, 9.17) is 4.74 Å². The summed E-state index contributed by atoms with van der Waals surface area (Å²) in [7, 11) is 0. The number of halogens is 3. The van der Waals surface area contributed by atoms with Crippen LogP contribution in [0.3, 0.4) is 0 Å². The van der Waals surface area contributed by atoms with Crippen LogP contribution in [0.15, 0.2) is 48.5 Å². The molecule has 194 valence electrons. The lowest BCUT2D eigenvalue weighted by atomic mass is 9.96. The van der Waals surface area contributed by atoms with Gasteiger partial charge >= 0.3 is 6.18 Å². The van der Waals surface area contributed by atoms with E-state index in [1.807, 2.05) is 53.4 Å². The first-order valence-corrected chi connectivity index (χ1v) is 12.9. The number of amides is 1. The molecule has 0 radical (unpaired) electrons. The highest BCUT2D eigenvalue weighted by molar-refractivity contribution is 6.04. The van der Waals surface area contributed by atoms with Gasteiger partial charge < -0.3 is 15.0 Å². The average molecular weight is 502 g/mol. The minimum atomic E-state index is -4.14. The molecule has 0 spiro atoms. The number of fused-ring (bicyclic) bond motifs is 1.